The Morgan fingerprint density at radius 2 is 1.71 bits per heavy atom. The van der Waals surface area contributed by atoms with Crippen molar-refractivity contribution in [3.8, 4) is 17.2 Å². The smallest absolute Gasteiger partial charge is 0.412 e. The van der Waals surface area contributed by atoms with Gasteiger partial charge in [0.25, 0.3) is 5.91 Å². The number of piperazine rings is 1. The number of hydrogen-bond acceptors (Lipinski definition) is 7. The van der Waals surface area contributed by atoms with Crippen LogP contribution in [0.15, 0.2) is 24.4 Å². The van der Waals surface area contributed by atoms with Crippen molar-refractivity contribution >= 4 is 55.4 Å². The van der Waals surface area contributed by atoms with E-state index in [9.17, 15) is 19.6 Å². The van der Waals surface area contributed by atoms with Crippen LogP contribution in [-0.2, 0) is 16.0 Å². The van der Waals surface area contributed by atoms with Gasteiger partial charge in [0.1, 0.15) is 33.9 Å². The maximum absolute atomic E-state index is 16.6. The fraction of sp³-hybridized carbons (Fsp3) is 0.429. The molecule has 252 valence electrons. The second-order valence-corrected chi connectivity index (χ2v) is 15.2. The molecule has 2 aliphatic heterocycles. The highest BCUT2D eigenvalue weighted by atomic mass is 32.1. The Labute approximate surface area is 280 Å². The molecular formula is C35H37F2N5O5S. The molecule has 4 aromatic rings. The Hall–Kier alpha value is -4.70. The van der Waals surface area contributed by atoms with E-state index in [2.05, 4.69) is 11.4 Å². The lowest BCUT2D eigenvalue weighted by Crippen LogP contribution is -2.57. The Morgan fingerprint density at radius 3 is 2.38 bits per heavy atom. The summed E-state index contributed by atoms with van der Waals surface area (Å²) in [5.74, 6) is -1.68. The lowest BCUT2D eigenvalue weighted by atomic mass is 9.92. The first kappa shape index (κ1) is 33.2. The molecule has 1 fully saturated rings. The first-order valence-corrected chi connectivity index (χ1v) is 16.6. The average Bonchev–Trinajstić information content (AvgIpc) is 3.51. The van der Waals surface area contributed by atoms with Crippen molar-refractivity contribution in [2.45, 2.75) is 78.7 Å². The fourth-order valence-electron chi connectivity index (χ4n) is 6.56. The monoisotopic (exact) mass is 677 g/mol. The molecular weight excluding hydrogens is 640 g/mol. The van der Waals surface area contributed by atoms with Crippen LogP contribution in [0.1, 0.15) is 69.4 Å². The summed E-state index contributed by atoms with van der Waals surface area (Å²) in [5.41, 5.74) is 0.334. The largest absolute Gasteiger partial charge is 0.444 e. The van der Waals surface area contributed by atoms with E-state index in [1.165, 1.54) is 18.2 Å². The highest BCUT2D eigenvalue weighted by Crippen LogP contribution is 2.46. The molecule has 1 atom stereocenters. The van der Waals surface area contributed by atoms with Gasteiger partial charge in [0.05, 0.1) is 27.4 Å². The van der Waals surface area contributed by atoms with Crippen LogP contribution in [0, 0.1) is 29.9 Å². The molecule has 2 aromatic carbocycles. The molecule has 0 aliphatic carbocycles. The molecule has 6 rings (SSSR count). The molecule has 10 nitrogen and oxygen atoms in total. The van der Waals surface area contributed by atoms with Gasteiger partial charge in [-0.25, -0.2) is 18.4 Å². The van der Waals surface area contributed by atoms with Crippen LogP contribution in [-0.4, -0.2) is 69.3 Å². The Kier molecular flexibility index (Phi) is 8.14. The van der Waals surface area contributed by atoms with Crippen LogP contribution in [0.4, 0.5) is 23.4 Å². The van der Waals surface area contributed by atoms with Crippen LogP contribution in [0.3, 0.4) is 0 Å². The number of aryl methyl sites for hydroxylation is 2. The number of hydrogen-bond donors (Lipinski definition) is 1. The van der Waals surface area contributed by atoms with E-state index >= 15 is 8.78 Å². The van der Waals surface area contributed by atoms with Crippen LogP contribution < -0.4 is 5.32 Å². The molecule has 0 spiro atoms. The van der Waals surface area contributed by atoms with Gasteiger partial charge in [-0.15, -0.1) is 11.3 Å². The van der Waals surface area contributed by atoms with Crippen molar-refractivity contribution in [2.75, 3.05) is 25.0 Å². The number of rotatable bonds is 2. The second kappa shape index (κ2) is 11.8. The molecule has 13 heteroatoms. The number of anilines is 1. The van der Waals surface area contributed by atoms with E-state index in [1.807, 2.05) is 17.7 Å². The molecule has 2 aromatic heterocycles. The zero-order valence-electron chi connectivity index (χ0n) is 27.9. The number of nitriles is 1. The van der Waals surface area contributed by atoms with Gasteiger partial charge < -0.3 is 23.8 Å². The van der Waals surface area contributed by atoms with Gasteiger partial charge in [0.15, 0.2) is 0 Å². The molecule has 1 N–H and O–H groups in total. The number of halogens is 2. The average molecular weight is 678 g/mol. The number of thiophene rings is 1. The summed E-state index contributed by atoms with van der Waals surface area (Å²) < 4.78 is 44.8. The first-order valence-electron chi connectivity index (χ1n) is 15.7. The maximum Gasteiger partial charge on any atom is 0.412 e. The fourth-order valence-corrected chi connectivity index (χ4v) is 7.63. The van der Waals surface area contributed by atoms with Gasteiger partial charge in [-0.05, 0) is 78.1 Å². The number of nitrogens with zero attached hydrogens (tertiary/aromatic N) is 4. The highest BCUT2D eigenvalue weighted by molar-refractivity contribution is 7.23. The van der Waals surface area contributed by atoms with Crippen molar-refractivity contribution in [2.24, 2.45) is 0 Å². The lowest BCUT2D eigenvalue weighted by Gasteiger charge is -2.42. The summed E-state index contributed by atoms with van der Waals surface area (Å²) in [4.78, 5) is 42.9. The predicted octanol–water partition coefficient (Wildman–Crippen LogP) is 7.79. The second-order valence-electron chi connectivity index (χ2n) is 14.2. The van der Waals surface area contributed by atoms with Crippen LogP contribution >= 0.6 is 11.3 Å². The normalized spacial score (nSPS) is 16.8. The van der Waals surface area contributed by atoms with Gasteiger partial charge in [-0.3, -0.25) is 10.1 Å². The zero-order valence-corrected chi connectivity index (χ0v) is 28.7. The Morgan fingerprint density at radius 1 is 1.00 bits per heavy atom. The summed E-state index contributed by atoms with van der Waals surface area (Å²) in [5, 5.41) is 13.5. The molecule has 1 saturated heterocycles. The molecule has 48 heavy (non-hydrogen) atoms. The minimum Gasteiger partial charge on any atom is -0.444 e. The molecule has 0 bridgehead atoms. The van der Waals surface area contributed by atoms with Gasteiger partial charge in [-0.2, -0.15) is 5.26 Å². The number of carbonyl (C=O) groups is 3. The van der Waals surface area contributed by atoms with E-state index in [-0.39, 0.29) is 62.4 Å². The summed E-state index contributed by atoms with van der Waals surface area (Å²) >= 11 is 0.867. The van der Waals surface area contributed by atoms with Crippen molar-refractivity contribution in [1.82, 2.24) is 14.4 Å². The molecule has 0 saturated carbocycles. The molecule has 3 amide bonds. The third kappa shape index (κ3) is 5.94. The van der Waals surface area contributed by atoms with Crippen LogP contribution in [0.25, 0.3) is 32.1 Å². The van der Waals surface area contributed by atoms with Gasteiger partial charge in [0.2, 0.25) is 0 Å². The number of nitrogens with one attached hydrogen (secondary N) is 1. The van der Waals surface area contributed by atoms with E-state index < -0.39 is 35.0 Å². The zero-order chi connectivity index (χ0) is 34.9. The molecule has 0 radical (unpaired) electrons. The molecule has 4 heterocycles. The van der Waals surface area contributed by atoms with Gasteiger partial charge in [-0.1, -0.05) is 6.07 Å². The van der Waals surface area contributed by atoms with E-state index in [0.29, 0.717) is 36.0 Å². The third-order valence-corrected chi connectivity index (χ3v) is 9.51. The summed E-state index contributed by atoms with van der Waals surface area (Å²) in [7, 11) is 0. The van der Waals surface area contributed by atoms with Crippen molar-refractivity contribution < 1.29 is 32.6 Å². The first-order chi connectivity index (χ1) is 22.5. The quantitative estimate of drug-likeness (QED) is 0.232. The van der Waals surface area contributed by atoms with E-state index in [1.54, 1.807) is 51.3 Å². The summed E-state index contributed by atoms with van der Waals surface area (Å²) in [6.07, 6.45) is 1.16. The topological polar surface area (TPSA) is 117 Å². The Bertz CT molecular complexity index is 2050. The van der Waals surface area contributed by atoms with Crippen LogP contribution in [0.5, 0.6) is 0 Å². The minimum absolute atomic E-state index is 0.0213. The third-order valence-electron chi connectivity index (χ3n) is 8.40. The van der Waals surface area contributed by atoms with Crippen LogP contribution in [0.2, 0.25) is 0 Å². The van der Waals surface area contributed by atoms with Crippen molar-refractivity contribution in [1.29, 1.82) is 5.26 Å². The number of fused-ring (bicyclic) bond motifs is 2. The number of aromatic nitrogens is 1. The highest BCUT2D eigenvalue weighted by Gasteiger charge is 2.38. The summed E-state index contributed by atoms with van der Waals surface area (Å²) in [6.45, 7) is 13.6. The van der Waals surface area contributed by atoms with E-state index in [4.69, 9.17) is 9.47 Å². The number of carbonyl (C=O) groups excluding carboxylic acids is 3. The van der Waals surface area contributed by atoms with Crippen molar-refractivity contribution in [3.05, 3.63) is 52.7 Å². The standard InChI is InChI=1S/C35H37F2N5O5S/c1-18-16-40-11-10-19-17-41(33(45)47-35(5,6)7)12-13-42(19)31(43)21-14-24(37)27(25(18)28(21)40)20-8-9-23(36)29-26(20)22(15-38)30(48-29)39-32(44)46-34(2,3)4/h8-9,14,16,19H,10-13,17H2,1-7H3,(H,39,44)/t19-/m0/s1. The maximum atomic E-state index is 16.6. The van der Waals surface area contributed by atoms with Gasteiger partial charge in [0, 0.05) is 48.7 Å². The van der Waals surface area contributed by atoms with E-state index in [0.717, 1.165) is 11.3 Å². The lowest BCUT2D eigenvalue weighted by molar-refractivity contribution is 0.00286. The molecule has 0 unspecified atom stereocenters. The SMILES string of the molecule is Cc1cn2c3c(cc(F)c(-c4ccc(F)c5sc(NC(=O)OC(C)(C)C)c(C#N)c45)c13)C(=O)N1CCN(C(=O)OC(C)(C)C)C[C@@H]1CC2. The number of ether oxygens (including phenoxy) is 2. The summed E-state index contributed by atoms with van der Waals surface area (Å²) in [6, 6.07) is 5.62. The van der Waals surface area contributed by atoms with Crippen molar-refractivity contribution in [3.63, 3.8) is 0 Å². The number of benzene rings is 2. The predicted molar refractivity (Wildman–Crippen MR) is 179 cm³/mol. The molecule has 2 aliphatic rings. The Balaban J connectivity index is 1.45. The minimum atomic E-state index is -0.809. The van der Waals surface area contributed by atoms with Gasteiger partial charge >= 0.3 is 12.2 Å². The number of amides is 3.